The van der Waals surface area contributed by atoms with Crippen LogP contribution in [0, 0.1) is 5.92 Å². The monoisotopic (exact) mass is 262 g/mol. The Morgan fingerprint density at radius 2 is 2.00 bits per heavy atom. The van der Waals surface area contributed by atoms with E-state index in [0.29, 0.717) is 23.2 Å². The number of hydrogen-bond donors (Lipinski definition) is 0. The van der Waals surface area contributed by atoms with Gasteiger partial charge in [0.05, 0.1) is 10.9 Å². The van der Waals surface area contributed by atoms with Crippen LogP contribution in [0.1, 0.15) is 24.2 Å². The summed E-state index contributed by atoms with van der Waals surface area (Å²) in [5, 5.41) is 0.437. The van der Waals surface area contributed by atoms with Crippen molar-refractivity contribution in [3.05, 3.63) is 46.3 Å². The van der Waals surface area contributed by atoms with Crippen LogP contribution in [-0.4, -0.2) is 20.0 Å². The highest BCUT2D eigenvalue weighted by Crippen LogP contribution is 2.09. The summed E-state index contributed by atoms with van der Waals surface area (Å²) in [7, 11) is 1.72. The minimum absolute atomic E-state index is 0.0544. The van der Waals surface area contributed by atoms with Crippen LogP contribution in [0.2, 0.25) is 0 Å². The molecule has 102 valence electrons. The Kier molecular flexibility index (Phi) is 5.96. The van der Waals surface area contributed by atoms with Gasteiger partial charge in [0.1, 0.15) is 11.8 Å². The first-order chi connectivity index (χ1) is 9.10. The highest BCUT2D eigenvalue weighted by Gasteiger charge is 2.03. The maximum absolute atomic E-state index is 11.5. The van der Waals surface area contributed by atoms with Gasteiger partial charge in [-0.15, -0.1) is 0 Å². The van der Waals surface area contributed by atoms with E-state index >= 15 is 0 Å². The van der Waals surface area contributed by atoms with Gasteiger partial charge >= 0.3 is 0 Å². The fraction of sp³-hybridized carbons (Fsp3) is 0.333. The van der Waals surface area contributed by atoms with Gasteiger partial charge in [-0.3, -0.25) is 9.59 Å². The number of carbonyl (C=O) groups excluding carboxylic acids is 1. The average Bonchev–Trinajstić information content (AvgIpc) is 2.40. The van der Waals surface area contributed by atoms with Crippen LogP contribution in [0.5, 0.6) is 0 Å². The maximum Gasteiger partial charge on any atom is 0.203 e. The largest absolute Gasteiger partial charge is 0.463 e. The lowest BCUT2D eigenvalue weighted by Gasteiger charge is -1.97. The third-order valence-electron chi connectivity index (χ3n) is 2.33. The average molecular weight is 262 g/mol. The third-order valence-corrected chi connectivity index (χ3v) is 2.33. The Bertz CT molecular complexity index is 584. The molecule has 2 aromatic rings. The molecule has 0 saturated carbocycles. The molecule has 0 aliphatic heterocycles. The summed E-state index contributed by atoms with van der Waals surface area (Å²) in [6.07, 6.45) is 1.68. The predicted molar refractivity (Wildman–Crippen MR) is 74.6 cm³/mol. The normalized spacial score (nSPS) is 10.1. The molecule has 0 aliphatic rings. The minimum Gasteiger partial charge on any atom is -0.463 e. The zero-order valence-corrected chi connectivity index (χ0v) is 11.4. The van der Waals surface area contributed by atoms with Crippen LogP contribution in [0.15, 0.2) is 39.7 Å². The maximum atomic E-state index is 11.5. The van der Waals surface area contributed by atoms with Crippen LogP contribution in [-0.2, 0) is 4.74 Å². The zero-order valence-electron chi connectivity index (χ0n) is 11.4. The Labute approximate surface area is 112 Å². The lowest BCUT2D eigenvalue weighted by molar-refractivity contribution is 0.112. The molecule has 0 aliphatic carbocycles. The number of rotatable bonds is 3. The Balaban J connectivity index is 0.000000258. The molecular weight excluding hydrogens is 244 g/mol. The number of methoxy groups -OCH3 is 1. The molecule has 0 spiro atoms. The highest BCUT2D eigenvalue weighted by atomic mass is 16.5. The summed E-state index contributed by atoms with van der Waals surface area (Å²) < 4.78 is 9.89. The van der Waals surface area contributed by atoms with Gasteiger partial charge in [-0.2, -0.15) is 0 Å². The second-order valence-corrected chi connectivity index (χ2v) is 4.48. The van der Waals surface area contributed by atoms with E-state index in [-0.39, 0.29) is 11.0 Å². The van der Waals surface area contributed by atoms with Gasteiger partial charge < -0.3 is 9.15 Å². The molecule has 4 heteroatoms. The highest BCUT2D eigenvalue weighted by molar-refractivity contribution is 5.83. The molecule has 19 heavy (non-hydrogen) atoms. The summed E-state index contributed by atoms with van der Waals surface area (Å²) in [5.74, 6) is 0.676. The second-order valence-electron chi connectivity index (χ2n) is 4.48. The van der Waals surface area contributed by atoms with E-state index in [1.54, 1.807) is 31.4 Å². The van der Waals surface area contributed by atoms with Gasteiger partial charge in [0, 0.05) is 13.7 Å². The predicted octanol–water partition coefficient (Wildman–Crippen LogP) is 2.89. The number of benzene rings is 1. The van der Waals surface area contributed by atoms with E-state index in [2.05, 4.69) is 13.8 Å². The minimum atomic E-state index is -0.281. The van der Waals surface area contributed by atoms with Crippen molar-refractivity contribution in [3.63, 3.8) is 0 Å². The Morgan fingerprint density at radius 3 is 2.53 bits per heavy atom. The molecule has 0 atom stereocenters. The number of aldehydes is 1. The summed E-state index contributed by atoms with van der Waals surface area (Å²) in [4.78, 5) is 21.9. The smallest absolute Gasteiger partial charge is 0.203 e. The summed E-state index contributed by atoms with van der Waals surface area (Å²) in [5.41, 5.74) is 0.272. The lowest BCUT2D eigenvalue weighted by Crippen LogP contribution is -2.06. The van der Waals surface area contributed by atoms with Gasteiger partial charge in [-0.05, 0) is 18.1 Å². The van der Waals surface area contributed by atoms with Crippen molar-refractivity contribution in [2.75, 3.05) is 13.7 Å². The van der Waals surface area contributed by atoms with Crippen molar-refractivity contribution >= 4 is 17.3 Å². The van der Waals surface area contributed by atoms with Gasteiger partial charge in [0.25, 0.3) is 0 Å². The molecule has 1 aromatic heterocycles. The van der Waals surface area contributed by atoms with E-state index in [4.69, 9.17) is 9.15 Å². The van der Waals surface area contributed by atoms with Gasteiger partial charge in [0.2, 0.25) is 5.43 Å². The van der Waals surface area contributed by atoms with Crippen molar-refractivity contribution in [1.82, 2.24) is 0 Å². The third kappa shape index (κ3) is 4.34. The standard InChI is InChI=1S/C10H6O3.C5H12O/c11-5-7-6-13-9-4-2-1-3-8(9)10(7)12;1-5(2)4-6-3/h1-6H;5H,4H2,1-3H3. The first-order valence-electron chi connectivity index (χ1n) is 6.04. The fourth-order valence-corrected chi connectivity index (χ4v) is 1.51. The molecule has 0 radical (unpaired) electrons. The van der Waals surface area contributed by atoms with Crippen molar-refractivity contribution in [1.29, 1.82) is 0 Å². The second kappa shape index (κ2) is 7.48. The molecule has 1 aromatic carbocycles. The molecule has 0 N–H and O–H groups in total. The van der Waals surface area contributed by atoms with Crippen molar-refractivity contribution in [2.24, 2.45) is 5.92 Å². The van der Waals surface area contributed by atoms with Crippen LogP contribution in [0.4, 0.5) is 0 Å². The first-order valence-corrected chi connectivity index (χ1v) is 6.04. The van der Waals surface area contributed by atoms with Crippen LogP contribution >= 0.6 is 0 Å². The summed E-state index contributed by atoms with van der Waals surface area (Å²) in [6.45, 7) is 5.13. The van der Waals surface area contributed by atoms with Gasteiger partial charge in [0.15, 0.2) is 6.29 Å². The SMILES string of the molecule is COCC(C)C.O=Cc1coc2ccccc2c1=O. The molecule has 0 amide bonds. The van der Waals surface area contributed by atoms with E-state index in [9.17, 15) is 9.59 Å². The molecule has 0 unspecified atom stereocenters. The molecule has 4 nitrogen and oxygen atoms in total. The molecule has 2 rings (SSSR count). The van der Waals surface area contributed by atoms with E-state index in [1.807, 2.05) is 0 Å². The van der Waals surface area contributed by atoms with E-state index in [1.165, 1.54) is 6.26 Å². The number of hydrogen-bond acceptors (Lipinski definition) is 4. The summed E-state index contributed by atoms with van der Waals surface area (Å²) >= 11 is 0. The Morgan fingerprint density at radius 1 is 1.32 bits per heavy atom. The Hall–Kier alpha value is -1.94. The molecular formula is C15H18O4. The number of carbonyl (C=O) groups is 1. The van der Waals surface area contributed by atoms with E-state index in [0.717, 1.165) is 6.61 Å². The lowest BCUT2D eigenvalue weighted by atomic mass is 10.2. The van der Waals surface area contributed by atoms with Crippen molar-refractivity contribution in [2.45, 2.75) is 13.8 Å². The van der Waals surface area contributed by atoms with Crippen molar-refractivity contribution in [3.8, 4) is 0 Å². The van der Waals surface area contributed by atoms with Crippen molar-refractivity contribution < 1.29 is 13.9 Å². The molecule has 0 saturated heterocycles. The van der Waals surface area contributed by atoms with Crippen LogP contribution in [0.25, 0.3) is 11.0 Å². The van der Waals surface area contributed by atoms with E-state index < -0.39 is 0 Å². The number of ether oxygens (including phenoxy) is 1. The fourth-order valence-electron chi connectivity index (χ4n) is 1.51. The first kappa shape index (κ1) is 15.1. The number of fused-ring (bicyclic) bond motifs is 1. The quantitative estimate of drug-likeness (QED) is 0.798. The molecule has 0 bridgehead atoms. The van der Waals surface area contributed by atoms with Crippen LogP contribution < -0.4 is 5.43 Å². The van der Waals surface area contributed by atoms with Gasteiger partial charge in [-0.1, -0.05) is 26.0 Å². The summed E-state index contributed by atoms with van der Waals surface area (Å²) in [6, 6.07) is 6.82. The van der Waals surface area contributed by atoms with Gasteiger partial charge in [-0.25, -0.2) is 0 Å². The topological polar surface area (TPSA) is 56.5 Å². The zero-order chi connectivity index (χ0) is 14.3. The number of para-hydroxylation sites is 1. The molecule has 0 fully saturated rings. The van der Waals surface area contributed by atoms with Crippen LogP contribution in [0.3, 0.4) is 0 Å². The molecule has 1 heterocycles.